The number of carbonyl (C=O) groups is 3. The molecule has 0 spiro atoms. The molecule has 2 N–H and O–H groups in total. The molecule has 0 radical (unpaired) electrons. The lowest BCUT2D eigenvalue weighted by Gasteiger charge is -2.22. The Labute approximate surface area is 181 Å². The second-order valence-electron chi connectivity index (χ2n) is 6.66. The van der Waals surface area contributed by atoms with Crippen molar-refractivity contribution >= 4 is 45.5 Å². The molecule has 1 aliphatic rings. The molecule has 0 bridgehead atoms. The lowest BCUT2D eigenvalue weighted by Crippen LogP contribution is -2.48. The second-order valence-corrected chi connectivity index (χ2v) is 8.59. The number of hydrogen-bond acceptors (Lipinski definition) is 5. The maximum absolute atomic E-state index is 12.9. The van der Waals surface area contributed by atoms with Gasteiger partial charge in [0.25, 0.3) is 5.91 Å². The molecule has 29 heavy (non-hydrogen) atoms. The second kappa shape index (κ2) is 8.46. The standard InChI is InChI=1S/C20H20BrN3O4S/c1-12-9-14(21)7-8-16(12)29-11-17(25)23-24-18(26)20(2,22-19(24)27)13-5-4-6-15(10-13)28-3/h4-10H,11H2,1-3H3,(H,22,27)(H,23,25)/t20-/m0/s1. The molecule has 2 aromatic carbocycles. The molecule has 0 unspecified atom stereocenters. The Kier molecular flexibility index (Phi) is 6.18. The lowest BCUT2D eigenvalue weighted by molar-refractivity contribution is -0.138. The number of rotatable bonds is 6. The van der Waals surface area contributed by atoms with Crippen LogP contribution in [0.4, 0.5) is 4.79 Å². The van der Waals surface area contributed by atoms with E-state index in [-0.39, 0.29) is 5.75 Å². The van der Waals surface area contributed by atoms with Gasteiger partial charge < -0.3 is 10.1 Å². The molecule has 152 valence electrons. The number of amides is 4. The summed E-state index contributed by atoms with van der Waals surface area (Å²) in [6, 6.07) is 11.9. The summed E-state index contributed by atoms with van der Waals surface area (Å²) in [6.07, 6.45) is 0. The average molecular weight is 478 g/mol. The number of nitrogens with zero attached hydrogens (tertiary/aromatic N) is 1. The number of imide groups is 1. The molecule has 3 rings (SSSR count). The number of urea groups is 1. The van der Waals surface area contributed by atoms with Gasteiger partial charge in [-0.2, -0.15) is 5.01 Å². The normalized spacial score (nSPS) is 18.6. The Morgan fingerprint density at radius 3 is 2.72 bits per heavy atom. The average Bonchev–Trinajstić information content (AvgIpc) is 2.91. The van der Waals surface area contributed by atoms with Gasteiger partial charge in [-0.05, 0) is 55.3 Å². The first-order chi connectivity index (χ1) is 13.7. The summed E-state index contributed by atoms with van der Waals surface area (Å²) in [6.45, 7) is 3.54. The summed E-state index contributed by atoms with van der Waals surface area (Å²) in [5.41, 5.74) is 2.69. The fourth-order valence-corrected chi connectivity index (χ4v) is 4.22. The minimum Gasteiger partial charge on any atom is -0.497 e. The highest BCUT2D eigenvalue weighted by Crippen LogP contribution is 2.30. The first-order valence-electron chi connectivity index (χ1n) is 8.74. The number of thioether (sulfide) groups is 1. The predicted molar refractivity (Wildman–Crippen MR) is 113 cm³/mol. The number of hydrogen-bond donors (Lipinski definition) is 2. The van der Waals surface area contributed by atoms with E-state index in [1.165, 1.54) is 18.9 Å². The van der Waals surface area contributed by atoms with E-state index < -0.39 is 23.4 Å². The first-order valence-corrected chi connectivity index (χ1v) is 10.5. The molecular weight excluding hydrogens is 458 g/mol. The fourth-order valence-electron chi connectivity index (χ4n) is 2.95. The smallest absolute Gasteiger partial charge is 0.344 e. The van der Waals surface area contributed by atoms with Crippen LogP contribution in [0, 0.1) is 6.92 Å². The van der Waals surface area contributed by atoms with Crippen LogP contribution in [-0.2, 0) is 15.1 Å². The minimum atomic E-state index is -1.30. The third-order valence-corrected chi connectivity index (χ3v) is 6.24. The SMILES string of the molecule is COc1cccc([C@]2(C)NC(=O)N(NC(=O)CSc3ccc(Br)cc3C)C2=O)c1. The Morgan fingerprint density at radius 1 is 1.28 bits per heavy atom. The van der Waals surface area contributed by atoms with E-state index in [9.17, 15) is 14.4 Å². The van der Waals surface area contributed by atoms with E-state index in [1.54, 1.807) is 31.2 Å². The number of carbonyl (C=O) groups excluding carboxylic acids is 3. The van der Waals surface area contributed by atoms with Crippen LogP contribution in [0.15, 0.2) is 51.8 Å². The fraction of sp³-hybridized carbons (Fsp3) is 0.250. The molecule has 1 fully saturated rings. The number of halogens is 1. The van der Waals surface area contributed by atoms with Crippen LogP contribution in [0.2, 0.25) is 0 Å². The zero-order valence-electron chi connectivity index (χ0n) is 16.1. The highest BCUT2D eigenvalue weighted by molar-refractivity contribution is 9.10. The summed E-state index contributed by atoms with van der Waals surface area (Å²) in [5.74, 6) is -0.380. The first kappa shape index (κ1) is 21.2. The van der Waals surface area contributed by atoms with Gasteiger partial charge >= 0.3 is 6.03 Å². The molecule has 2 aromatic rings. The number of hydrazine groups is 1. The molecule has 0 aromatic heterocycles. The van der Waals surface area contributed by atoms with Crippen molar-refractivity contribution in [2.75, 3.05) is 12.9 Å². The van der Waals surface area contributed by atoms with Crippen LogP contribution in [0.5, 0.6) is 5.75 Å². The van der Waals surface area contributed by atoms with Crippen molar-refractivity contribution in [3.05, 3.63) is 58.1 Å². The molecule has 1 aliphatic heterocycles. The van der Waals surface area contributed by atoms with Crippen molar-refractivity contribution in [3.63, 3.8) is 0 Å². The number of methoxy groups -OCH3 is 1. The van der Waals surface area contributed by atoms with Gasteiger partial charge in [0.2, 0.25) is 5.91 Å². The summed E-state index contributed by atoms with van der Waals surface area (Å²) in [7, 11) is 1.52. The lowest BCUT2D eigenvalue weighted by atomic mass is 9.92. The Bertz CT molecular complexity index is 984. The Balaban J connectivity index is 1.68. The molecule has 4 amide bonds. The van der Waals surface area contributed by atoms with Crippen LogP contribution >= 0.6 is 27.7 Å². The van der Waals surface area contributed by atoms with E-state index in [0.717, 1.165) is 19.9 Å². The number of ether oxygens (including phenoxy) is 1. The van der Waals surface area contributed by atoms with E-state index in [4.69, 9.17) is 4.74 Å². The van der Waals surface area contributed by atoms with Gasteiger partial charge in [-0.15, -0.1) is 11.8 Å². The largest absolute Gasteiger partial charge is 0.497 e. The van der Waals surface area contributed by atoms with E-state index >= 15 is 0 Å². The monoisotopic (exact) mass is 477 g/mol. The molecule has 1 heterocycles. The maximum Gasteiger partial charge on any atom is 0.344 e. The van der Waals surface area contributed by atoms with Crippen molar-refractivity contribution < 1.29 is 19.1 Å². The van der Waals surface area contributed by atoms with Crippen LogP contribution in [0.3, 0.4) is 0 Å². The van der Waals surface area contributed by atoms with E-state index in [2.05, 4.69) is 26.7 Å². The quantitative estimate of drug-likeness (QED) is 0.491. The summed E-state index contributed by atoms with van der Waals surface area (Å²) in [4.78, 5) is 38.6. The van der Waals surface area contributed by atoms with Crippen LogP contribution in [0.25, 0.3) is 0 Å². The number of benzene rings is 2. The van der Waals surface area contributed by atoms with E-state index in [0.29, 0.717) is 11.3 Å². The van der Waals surface area contributed by atoms with Gasteiger partial charge in [0.15, 0.2) is 0 Å². The van der Waals surface area contributed by atoms with Crippen molar-refractivity contribution in [1.29, 1.82) is 0 Å². The topological polar surface area (TPSA) is 87.7 Å². The summed E-state index contributed by atoms with van der Waals surface area (Å²) >= 11 is 4.73. The van der Waals surface area contributed by atoms with Crippen LogP contribution in [-0.4, -0.2) is 35.7 Å². The van der Waals surface area contributed by atoms with Gasteiger partial charge in [0, 0.05) is 9.37 Å². The Hall–Kier alpha value is -2.52. The van der Waals surface area contributed by atoms with Gasteiger partial charge in [-0.3, -0.25) is 15.0 Å². The van der Waals surface area contributed by atoms with Gasteiger partial charge in [0.05, 0.1) is 12.9 Å². The molecule has 1 atom stereocenters. The molecule has 0 aliphatic carbocycles. The van der Waals surface area contributed by atoms with Crippen LogP contribution < -0.4 is 15.5 Å². The number of aryl methyl sites for hydroxylation is 1. The maximum atomic E-state index is 12.9. The van der Waals surface area contributed by atoms with E-state index in [1.807, 2.05) is 25.1 Å². The van der Waals surface area contributed by atoms with Crippen molar-refractivity contribution in [1.82, 2.24) is 15.8 Å². The van der Waals surface area contributed by atoms with Crippen molar-refractivity contribution in [2.45, 2.75) is 24.3 Å². The molecule has 0 saturated carbocycles. The van der Waals surface area contributed by atoms with Crippen molar-refractivity contribution in [2.24, 2.45) is 0 Å². The zero-order chi connectivity index (χ0) is 21.2. The molecular formula is C20H20BrN3O4S. The highest BCUT2D eigenvalue weighted by Gasteiger charge is 2.50. The third-order valence-electron chi connectivity index (χ3n) is 4.57. The molecule has 9 heteroatoms. The zero-order valence-corrected chi connectivity index (χ0v) is 18.5. The van der Waals surface area contributed by atoms with Gasteiger partial charge in [-0.1, -0.05) is 28.1 Å². The van der Waals surface area contributed by atoms with Crippen LogP contribution in [0.1, 0.15) is 18.1 Å². The van der Waals surface area contributed by atoms with Crippen molar-refractivity contribution in [3.8, 4) is 5.75 Å². The predicted octanol–water partition coefficient (Wildman–Crippen LogP) is 3.36. The van der Waals surface area contributed by atoms with Gasteiger partial charge in [0.1, 0.15) is 11.3 Å². The molecule has 1 saturated heterocycles. The summed E-state index contributed by atoms with van der Waals surface area (Å²) in [5, 5.41) is 3.38. The Morgan fingerprint density at radius 2 is 2.03 bits per heavy atom. The van der Waals surface area contributed by atoms with Gasteiger partial charge in [-0.25, -0.2) is 4.79 Å². The minimum absolute atomic E-state index is 0.0649. The number of nitrogens with one attached hydrogen (secondary N) is 2. The third kappa shape index (κ3) is 4.40. The molecule has 7 nitrogen and oxygen atoms in total. The summed E-state index contributed by atoms with van der Waals surface area (Å²) < 4.78 is 6.15. The highest BCUT2D eigenvalue weighted by atomic mass is 79.9.